The molecule has 3 heterocycles. The first-order valence-electron chi connectivity index (χ1n) is 13.2. The Balaban J connectivity index is 1.18. The monoisotopic (exact) mass is 502 g/mol. The van der Waals surface area contributed by atoms with Crippen molar-refractivity contribution in [2.24, 2.45) is 5.92 Å². The summed E-state index contributed by atoms with van der Waals surface area (Å²) in [5.74, 6) is 1.30. The van der Waals surface area contributed by atoms with Crippen molar-refractivity contribution >= 4 is 27.3 Å². The molecule has 3 fully saturated rings. The van der Waals surface area contributed by atoms with E-state index in [1.54, 1.807) is 17.4 Å². The molecule has 2 aliphatic heterocycles. The number of likely N-dealkylation sites (tertiary alicyclic amines) is 1. The molecule has 2 aromatic carbocycles. The molecular formula is C29H30N2O4S. The third-order valence-corrected chi connectivity index (χ3v) is 10.7. The van der Waals surface area contributed by atoms with Gasteiger partial charge in [-0.05, 0) is 91.6 Å². The van der Waals surface area contributed by atoms with Crippen LogP contribution in [0.2, 0.25) is 0 Å². The van der Waals surface area contributed by atoms with Crippen LogP contribution in [0.4, 0.5) is 0 Å². The van der Waals surface area contributed by atoms with E-state index in [1.807, 2.05) is 29.6 Å². The minimum atomic E-state index is -0.937. The summed E-state index contributed by atoms with van der Waals surface area (Å²) in [5.41, 5.74) is 1.26. The Bertz CT molecular complexity index is 1420. The molecule has 36 heavy (non-hydrogen) atoms. The molecule has 0 radical (unpaired) electrons. The number of carbonyl (C=O) groups is 1. The molecule has 2 saturated carbocycles. The molecule has 5 atom stereocenters. The Morgan fingerprint density at radius 3 is 2.92 bits per heavy atom. The van der Waals surface area contributed by atoms with Gasteiger partial charge in [0.05, 0.1) is 17.1 Å². The zero-order valence-electron chi connectivity index (χ0n) is 20.1. The van der Waals surface area contributed by atoms with Gasteiger partial charge >= 0.3 is 0 Å². The summed E-state index contributed by atoms with van der Waals surface area (Å²) in [6.45, 7) is 1.97. The Hall–Kier alpha value is -2.61. The average Bonchev–Trinajstić information content (AvgIpc) is 3.42. The Labute approximate surface area is 213 Å². The highest BCUT2D eigenvalue weighted by Gasteiger charge is 2.73. The smallest absolute Gasteiger partial charge is 0.251 e. The second-order valence-electron chi connectivity index (χ2n) is 11.6. The molecule has 8 rings (SSSR count). The van der Waals surface area contributed by atoms with Crippen LogP contribution >= 0.6 is 11.3 Å². The number of hydrogen-bond acceptors (Lipinski definition) is 6. The number of ether oxygens (including phenoxy) is 1. The number of thiophene rings is 1. The van der Waals surface area contributed by atoms with Gasteiger partial charge in [0, 0.05) is 28.4 Å². The molecule has 7 heteroatoms. The molecule has 1 amide bonds. The maximum Gasteiger partial charge on any atom is 0.251 e. The number of nitrogens with zero attached hydrogens (tertiary/aromatic N) is 1. The Morgan fingerprint density at radius 2 is 2.06 bits per heavy atom. The zero-order chi connectivity index (χ0) is 24.2. The maximum absolute atomic E-state index is 13.4. The van der Waals surface area contributed by atoms with E-state index in [1.165, 1.54) is 18.4 Å². The summed E-state index contributed by atoms with van der Waals surface area (Å²) in [6.07, 6.45) is 4.99. The van der Waals surface area contributed by atoms with Crippen LogP contribution < -0.4 is 10.1 Å². The molecule has 0 unspecified atom stereocenters. The first kappa shape index (κ1) is 21.5. The quantitative estimate of drug-likeness (QED) is 0.503. The summed E-state index contributed by atoms with van der Waals surface area (Å²) in [6, 6.07) is 11.4. The summed E-state index contributed by atoms with van der Waals surface area (Å²) < 4.78 is 7.66. The van der Waals surface area contributed by atoms with Crippen LogP contribution in [0.25, 0.3) is 10.1 Å². The van der Waals surface area contributed by atoms with Gasteiger partial charge in [-0.15, -0.1) is 11.3 Å². The van der Waals surface area contributed by atoms with Gasteiger partial charge in [-0.25, -0.2) is 0 Å². The summed E-state index contributed by atoms with van der Waals surface area (Å²) in [7, 11) is 0. The number of piperidine rings is 1. The number of carbonyl (C=O) groups excluding carboxylic acids is 1. The van der Waals surface area contributed by atoms with Crippen molar-refractivity contribution in [3.8, 4) is 11.5 Å². The predicted molar refractivity (Wildman–Crippen MR) is 138 cm³/mol. The first-order valence-corrected chi connectivity index (χ1v) is 14.1. The first-order chi connectivity index (χ1) is 17.5. The van der Waals surface area contributed by atoms with Crippen molar-refractivity contribution in [2.75, 3.05) is 13.1 Å². The van der Waals surface area contributed by atoms with E-state index in [0.29, 0.717) is 24.2 Å². The summed E-state index contributed by atoms with van der Waals surface area (Å²) >= 11 is 1.63. The van der Waals surface area contributed by atoms with Gasteiger partial charge < -0.3 is 20.3 Å². The lowest BCUT2D eigenvalue weighted by Gasteiger charge is -2.64. The lowest BCUT2D eigenvalue weighted by Crippen LogP contribution is -2.78. The fraction of sp³-hybridized carbons (Fsp3) is 0.483. The topological polar surface area (TPSA) is 82.0 Å². The molecular weight excluding hydrogens is 472 g/mol. The van der Waals surface area contributed by atoms with E-state index in [4.69, 9.17) is 4.74 Å². The number of nitrogens with one attached hydrogen (secondary N) is 1. The lowest BCUT2D eigenvalue weighted by molar-refractivity contribution is -0.191. The number of fused-ring (bicyclic) bond motifs is 1. The highest BCUT2D eigenvalue weighted by atomic mass is 32.1. The number of rotatable bonds is 4. The summed E-state index contributed by atoms with van der Waals surface area (Å²) in [4.78, 5) is 15.9. The Morgan fingerprint density at radius 1 is 1.17 bits per heavy atom. The fourth-order valence-electron chi connectivity index (χ4n) is 7.98. The highest BCUT2D eigenvalue weighted by Crippen LogP contribution is 2.65. The van der Waals surface area contributed by atoms with Crippen LogP contribution in [0.1, 0.15) is 53.6 Å². The molecule has 1 saturated heterocycles. The van der Waals surface area contributed by atoms with E-state index < -0.39 is 17.1 Å². The zero-order valence-corrected chi connectivity index (χ0v) is 20.9. The lowest BCUT2D eigenvalue weighted by atomic mass is 9.48. The molecule has 186 valence electrons. The minimum absolute atomic E-state index is 0.0406. The number of aromatic hydroxyl groups is 1. The van der Waals surface area contributed by atoms with Crippen LogP contribution in [-0.2, 0) is 11.8 Å². The maximum atomic E-state index is 13.4. The predicted octanol–water partition coefficient (Wildman–Crippen LogP) is 3.97. The van der Waals surface area contributed by atoms with E-state index in [2.05, 4.69) is 16.3 Å². The second-order valence-corrected chi connectivity index (χ2v) is 12.5. The van der Waals surface area contributed by atoms with Gasteiger partial charge in [0.15, 0.2) is 11.5 Å². The number of amides is 1. The van der Waals surface area contributed by atoms with E-state index >= 15 is 0 Å². The van der Waals surface area contributed by atoms with Crippen molar-refractivity contribution in [3.63, 3.8) is 0 Å². The van der Waals surface area contributed by atoms with Crippen molar-refractivity contribution in [3.05, 3.63) is 58.5 Å². The standard InChI is InChI=1S/C29H30N2O4S/c32-21-6-5-18-14-23-29(34)9-7-20(30-27(33)19-4-3-17-8-12-36-22(17)13-19)26-28(29,24(18)25(21)35-26)10-11-31(23)15-16-1-2-16/h3-6,8,12-13,16,20,23,26,32,34H,1-2,7,9-11,14-15H2,(H,30,33)/t20-,23-,26+,28+,29-/m1/s1. The minimum Gasteiger partial charge on any atom is -0.504 e. The van der Waals surface area contributed by atoms with E-state index in [0.717, 1.165) is 47.5 Å². The van der Waals surface area contributed by atoms with E-state index in [9.17, 15) is 15.0 Å². The SMILES string of the molecule is O=C(N[C@@H]1CC[C@@]2(O)[C@H]3Cc4ccc(O)c5c4[C@@]2(CCN3CC2CC2)[C@H]1O5)c1ccc2ccsc2c1. The van der Waals surface area contributed by atoms with Crippen molar-refractivity contribution in [2.45, 2.75) is 67.7 Å². The van der Waals surface area contributed by atoms with Crippen molar-refractivity contribution < 1.29 is 19.7 Å². The molecule has 2 bridgehead atoms. The molecule has 3 aliphatic carbocycles. The highest BCUT2D eigenvalue weighted by molar-refractivity contribution is 7.17. The van der Waals surface area contributed by atoms with Crippen molar-refractivity contribution in [1.82, 2.24) is 10.2 Å². The number of aliphatic hydroxyl groups is 1. The number of hydrogen-bond donors (Lipinski definition) is 3. The van der Waals surface area contributed by atoms with Gasteiger partial charge in [-0.3, -0.25) is 9.69 Å². The fourth-order valence-corrected chi connectivity index (χ4v) is 8.81. The third-order valence-electron chi connectivity index (χ3n) is 9.80. The van der Waals surface area contributed by atoms with Gasteiger partial charge in [0.2, 0.25) is 0 Å². The molecule has 6 nitrogen and oxygen atoms in total. The van der Waals surface area contributed by atoms with Gasteiger partial charge in [0.1, 0.15) is 6.10 Å². The normalized spacial score (nSPS) is 34.3. The van der Waals surface area contributed by atoms with Crippen LogP contribution in [-0.4, -0.2) is 57.9 Å². The number of phenols is 1. The van der Waals surface area contributed by atoms with Crippen LogP contribution in [0.15, 0.2) is 41.8 Å². The van der Waals surface area contributed by atoms with Gasteiger partial charge in [-0.2, -0.15) is 0 Å². The van der Waals surface area contributed by atoms with Crippen LogP contribution in [0, 0.1) is 5.92 Å². The summed E-state index contributed by atoms with van der Waals surface area (Å²) in [5, 5.41) is 29.8. The largest absolute Gasteiger partial charge is 0.504 e. The molecule has 1 aromatic heterocycles. The molecule has 1 spiro atoms. The Kier molecular flexibility index (Phi) is 4.32. The van der Waals surface area contributed by atoms with Gasteiger partial charge in [-0.1, -0.05) is 12.1 Å². The molecule has 5 aliphatic rings. The average molecular weight is 503 g/mol. The number of benzene rings is 2. The van der Waals surface area contributed by atoms with E-state index in [-0.39, 0.29) is 23.7 Å². The van der Waals surface area contributed by atoms with Crippen LogP contribution in [0.3, 0.4) is 0 Å². The van der Waals surface area contributed by atoms with Gasteiger partial charge in [0.25, 0.3) is 5.91 Å². The molecule has 3 aromatic rings. The van der Waals surface area contributed by atoms with Crippen LogP contribution in [0.5, 0.6) is 11.5 Å². The number of phenolic OH excluding ortho intramolecular Hbond substituents is 1. The van der Waals surface area contributed by atoms with Crippen molar-refractivity contribution in [1.29, 1.82) is 0 Å². The third kappa shape index (κ3) is 2.71. The second kappa shape index (κ2) is 7.24. The molecule has 3 N–H and O–H groups in total.